The van der Waals surface area contributed by atoms with Crippen LogP contribution >= 0.6 is 0 Å². The van der Waals surface area contributed by atoms with Gasteiger partial charge in [0.2, 0.25) is 0 Å². The van der Waals surface area contributed by atoms with Gasteiger partial charge in [-0.3, -0.25) is 0 Å². The zero-order chi connectivity index (χ0) is 8.69. The molecule has 0 heterocycles. The first-order valence-corrected chi connectivity index (χ1v) is 3.14. The van der Waals surface area contributed by atoms with Gasteiger partial charge in [0.1, 0.15) is 0 Å². The van der Waals surface area contributed by atoms with Crippen LogP contribution in [0.4, 0.5) is 0 Å². The largest absolute Gasteiger partial charge is 0.435 e. The normalized spacial score (nSPS) is 12.2. The van der Waals surface area contributed by atoms with Crippen molar-refractivity contribution in [2.24, 2.45) is 0 Å². The summed E-state index contributed by atoms with van der Waals surface area (Å²) in [4.78, 5) is 10.4. The molecule has 0 aliphatic carbocycles. The highest BCUT2D eigenvalue weighted by molar-refractivity contribution is 5.81. The standard InChI is InChI=1S/C7H12O4/c1-4-7(8)11-5-10-6(2)9-3/h4,6H,1,5H2,2-3H3. The Labute approximate surface area is 65.7 Å². The minimum atomic E-state index is -0.506. The molecule has 0 aromatic carbocycles. The SMILES string of the molecule is C=CC(=O)OCOC(C)OC. The summed E-state index contributed by atoms with van der Waals surface area (Å²) in [7, 11) is 1.50. The van der Waals surface area contributed by atoms with E-state index in [4.69, 9.17) is 9.47 Å². The van der Waals surface area contributed by atoms with Gasteiger partial charge < -0.3 is 14.2 Å². The zero-order valence-corrected chi connectivity index (χ0v) is 6.70. The molecule has 64 valence electrons. The Morgan fingerprint density at radius 1 is 1.73 bits per heavy atom. The number of methoxy groups -OCH3 is 1. The second kappa shape index (κ2) is 5.88. The third kappa shape index (κ3) is 5.57. The van der Waals surface area contributed by atoms with Crippen molar-refractivity contribution in [2.75, 3.05) is 13.9 Å². The maximum Gasteiger partial charge on any atom is 0.332 e. The van der Waals surface area contributed by atoms with E-state index in [1.54, 1.807) is 6.92 Å². The molecule has 0 aromatic rings. The first-order valence-electron chi connectivity index (χ1n) is 3.14. The monoisotopic (exact) mass is 160 g/mol. The predicted molar refractivity (Wildman–Crippen MR) is 38.7 cm³/mol. The van der Waals surface area contributed by atoms with Crippen LogP contribution in [-0.2, 0) is 19.0 Å². The number of carbonyl (C=O) groups is 1. The fourth-order valence-electron chi connectivity index (χ4n) is 0.315. The number of rotatable bonds is 5. The second-order valence-electron chi connectivity index (χ2n) is 1.76. The highest BCUT2D eigenvalue weighted by atomic mass is 16.8. The van der Waals surface area contributed by atoms with Gasteiger partial charge in [0.05, 0.1) is 0 Å². The van der Waals surface area contributed by atoms with Crippen molar-refractivity contribution in [3.63, 3.8) is 0 Å². The van der Waals surface area contributed by atoms with Crippen molar-refractivity contribution < 1.29 is 19.0 Å². The number of carbonyl (C=O) groups excluding carboxylic acids is 1. The first-order chi connectivity index (χ1) is 5.20. The molecule has 0 N–H and O–H groups in total. The van der Waals surface area contributed by atoms with Crippen molar-refractivity contribution >= 4 is 5.97 Å². The molecule has 0 bridgehead atoms. The summed E-state index contributed by atoms with van der Waals surface area (Å²) in [5, 5.41) is 0. The predicted octanol–water partition coefficient (Wildman–Crippen LogP) is 0.682. The van der Waals surface area contributed by atoms with Crippen molar-refractivity contribution in [1.29, 1.82) is 0 Å². The van der Waals surface area contributed by atoms with E-state index in [1.165, 1.54) is 7.11 Å². The smallest absolute Gasteiger partial charge is 0.332 e. The van der Waals surface area contributed by atoms with E-state index < -0.39 is 5.97 Å². The van der Waals surface area contributed by atoms with E-state index in [1.807, 2.05) is 0 Å². The summed E-state index contributed by atoms with van der Waals surface area (Å²) in [5.74, 6) is -0.506. The Morgan fingerprint density at radius 3 is 2.82 bits per heavy atom. The molecular formula is C7H12O4. The lowest BCUT2D eigenvalue weighted by atomic mass is 10.7. The van der Waals surface area contributed by atoms with Crippen molar-refractivity contribution in [1.82, 2.24) is 0 Å². The van der Waals surface area contributed by atoms with Gasteiger partial charge in [-0.1, -0.05) is 6.58 Å². The summed E-state index contributed by atoms with van der Waals surface area (Å²) in [6, 6.07) is 0. The molecule has 0 aliphatic heterocycles. The van der Waals surface area contributed by atoms with Crippen molar-refractivity contribution in [3.05, 3.63) is 12.7 Å². The van der Waals surface area contributed by atoms with Gasteiger partial charge in [0.25, 0.3) is 0 Å². The summed E-state index contributed by atoms with van der Waals surface area (Å²) >= 11 is 0. The average molecular weight is 160 g/mol. The second-order valence-corrected chi connectivity index (χ2v) is 1.76. The molecule has 0 aliphatic rings. The van der Waals surface area contributed by atoms with Crippen LogP contribution in [-0.4, -0.2) is 26.2 Å². The topological polar surface area (TPSA) is 44.8 Å². The number of ether oxygens (including phenoxy) is 3. The lowest BCUT2D eigenvalue weighted by Crippen LogP contribution is -2.14. The highest BCUT2D eigenvalue weighted by Crippen LogP contribution is 1.90. The van der Waals surface area contributed by atoms with E-state index in [0.29, 0.717) is 0 Å². The Kier molecular flexibility index (Phi) is 5.42. The maximum absolute atomic E-state index is 10.4. The minimum absolute atomic E-state index is 0.111. The summed E-state index contributed by atoms with van der Waals surface area (Å²) in [6.45, 7) is 4.80. The highest BCUT2D eigenvalue weighted by Gasteiger charge is 1.99. The van der Waals surface area contributed by atoms with Gasteiger partial charge in [-0.2, -0.15) is 0 Å². The Bertz CT molecular complexity index is 132. The Hall–Kier alpha value is -0.870. The van der Waals surface area contributed by atoms with E-state index in [2.05, 4.69) is 11.3 Å². The third-order valence-electron chi connectivity index (χ3n) is 1.00. The van der Waals surface area contributed by atoms with Crippen LogP contribution in [0.1, 0.15) is 6.92 Å². The van der Waals surface area contributed by atoms with Crippen LogP contribution in [0, 0.1) is 0 Å². The van der Waals surface area contributed by atoms with E-state index in [9.17, 15) is 4.79 Å². The molecule has 11 heavy (non-hydrogen) atoms. The first kappa shape index (κ1) is 10.1. The third-order valence-corrected chi connectivity index (χ3v) is 1.00. The van der Waals surface area contributed by atoms with Gasteiger partial charge >= 0.3 is 5.97 Å². The number of esters is 1. The molecule has 4 nitrogen and oxygen atoms in total. The van der Waals surface area contributed by atoms with Crippen LogP contribution in [0.2, 0.25) is 0 Å². The minimum Gasteiger partial charge on any atom is -0.435 e. The van der Waals surface area contributed by atoms with Crippen LogP contribution in [0.5, 0.6) is 0 Å². The van der Waals surface area contributed by atoms with E-state index in [-0.39, 0.29) is 13.1 Å². The maximum atomic E-state index is 10.4. The summed E-state index contributed by atoms with van der Waals surface area (Å²) < 4.78 is 14.1. The van der Waals surface area contributed by atoms with Gasteiger partial charge in [0, 0.05) is 13.2 Å². The van der Waals surface area contributed by atoms with Gasteiger partial charge in [-0.05, 0) is 6.92 Å². The molecule has 0 rings (SSSR count). The molecule has 0 spiro atoms. The van der Waals surface area contributed by atoms with Gasteiger partial charge in [-0.15, -0.1) is 0 Å². The molecule has 0 fully saturated rings. The van der Waals surface area contributed by atoms with Crippen LogP contribution in [0.25, 0.3) is 0 Å². The summed E-state index contributed by atoms with van der Waals surface area (Å²) in [6.07, 6.45) is 0.702. The van der Waals surface area contributed by atoms with E-state index in [0.717, 1.165) is 6.08 Å². The molecule has 0 amide bonds. The zero-order valence-electron chi connectivity index (χ0n) is 6.70. The summed E-state index contributed by atoms with van der Waals surface area (Å²) in [5.41, 5.74) is 0. The van der Waals surface area contributed by atoms with Crippen molar-refractivity contribution in [2.45, 2.75) is 13.2 Å². The molecular weight excluding hydrogens is 148 g/mol. The molecule has 1 unspecified atom stereocenters. The quantitative estimate of drug-likeness (QED) is 0.337. The molecule has 0 radical (unpaired) electrons. The number of hydrogen-bond donors (Lipinski definition) is 0. The molecule has 0 saturated carbocycles. The van der Waals surface area contributed by atoms with Crippen molar-refractivity contribution in [3.8, 4) is 0 Å². The number of hydrogen-bond acceptors (Lipinski definition) is 4. The molecule has 0 saturated heterocycles. The fourth-order valence-corrected chi connectivity index (χ4v) is 0.315. The lowest BCUT2D eigenvalue weighted by molar-refractivity contribution is -0.182. The Morgan fingerprint density at radius 2 is 2.36 bits per heavy atom. The lowest BCUT2D eigenvalue weighted by Gasteiger charge is -2.09. The molecule has 0 aromatic heterocycles. The fraction of sp³-hybridized carbons (Fsp3) is 0.571. The Balaban J connectivity index is 3.26. The molecule has 4 heteroatoms. The van der Waals surface area contributed by atoms with E-state index >= 15 is 0 Å². The van der Waals surface area contributed by atoms with Gasteiger partial charge in [-0.25, -0.2) is 4.79 Å². The van der Waals surface area contributed by atoms with Gasteiger partial charge in [0.15, 0.2) is 13.1 Å². The van der Waals surface area contributed by atoms with Crippen LogP contribution in [0.3, 0.4) is 0 Å². The van der Waals surface area contributed by atoms with Crippen LogP contribution < -0.4 is 0 Å². The van der Waals surface area contributed by atoms with Crippen LogP contribution in [0.15, 0.2) is 12.7 Å². The average Bonchev–Trinajstić information content (AvgIpc) is 2.04. The molecule has 1 atom stereocenters.